The second-order valence-corrected chi connectivity index (χ2v) is 35.1. The van der Waals surface area contributed by atoms with Gasteiger partial charge >= 0.3 is 0 Å². The Hall–Kier alpha value is -12.2. The first-order chi connectivity index (χ1) is 55.4. The minimum atomic E-state index is 0.150. The Morgan fingerprint density at radius 1 is 0.188 bits per heavy atom. The van der Waals surface area contributed by atoms with E-state index < -0.39 is 0 Å². The van der Waals surface area contributed by atoms with Gasteiger partial charge in [0.05, 0.1) is 44.1 Å². The van der Waals surface area contributed by atoms with Crippen molar-refractivity contribution in [2.24, 2.45) is 47.3 Å². The third-order valence-corrected chi connectivity index (χ3v) is 30.0. The zero-order valence-corrected chi connectivity index (χ0v) is 62.7. The summed E-state index contributed by atoms with van der Waals surface area (Å²) in [7, 11) is 0. The summed E-state index contributed by atoms with van der Waals surface area (Å²) in [6.45, 7) is 0. The lowest BCUT2D eigenvalue weighted by Crippen LogP contribution is -2.55. The van der Waals surface area contributed by atoms with Crippen LogP contribution in [0.15, 0.2) is 328 Å². The van der Waals surface area contributed by atoms with Crippen molar-refractivity contribution in [2.75, 3.05) is 0 Å². The lowest BCUT2D eigenvalue weighted by Gasteiger charge is -2.61. The number of fused-ring (bicyclic) bond motifs is 19. The number of hydrogen-bond acceptors (Lipinski definition) is 0. The van der Waals surface area contributed by atoms with E-state index in [1.807, 2.05) is 0 Å². The molecule has 15 aromatic carbocycles. The standard InChI is InChI=1S/C56H42N2.C52H40N2/c1-2-10-37-30-42(20-17-36(37)9-1)57-52-15-7-4-12-46(52)48-31-38(18-23-54(48)57)39-19-24-55-49(32-39)47-13-5-8-16-53(47)58(55)43-21-22-45-44-11-3-6-14-50(44)56(51(45)33-43)40-26-34-25-35(28-40)29-41(56)27-34;1-2-10-38(11-3-1)53-48-16-8-5-13-42(48)44-29-34(18-22-50(44)53)35-19-23-51-45(30-35)43-14-6-9-17-49(43)54(51)39-20-21-41-40-12-4-7-15-46(40)52(47(41)31-39)36-25-32-24-33(27-36)28-37(52)26-32/h1-24,30-35,40-41H,25-29H2;1-23,29-33,36-37H,24-28H2. The molecule has 10 aliphatic rings. The summed E-state index contributed by atoms with van der Waals surface area (Å²) >= 11 is 0. The molecule has 4 aromatic heterocycles. The molecule has 4 heterocycles. The maximum atomic E-state index is 2.64. The van der Waals surface area contributed by atoms with Crippen LogP contribution in [-0.2, 0) is 10.8 Å². The third kappa shape index (κ3) is 8.52. The quantitative estimate of drug-likeness (QED) is 0.158. The predicted octanol–water partition coefficient (Wildman–Crippen LogP) is 27.7. The van der Waals surface area contributed by atoms with Crippen LogP contribution >= 0.6 is 0 Å². The molecule has 0 N–H and O–H groups in total. The van der Waals surface area contributed by atoms with Crippen LogP contribution in [0.3, 0.4) is 0 Å². The van der Waals surface area contributed by atoms with Crippen LogP contribution in [-0.4, -0.2) is 18.3 Å². The largest absolute Gasteiger partial charge is 0.309 e. The van der Waals surface area contributed by atoms with Gasteiger partial charge in [0, 0.05) is 76.7 Å². The summed E-state index contributed by atoms with van der Waals surface area (Å²) in [6, 6.07) is 124. The molecule has 19 aromatic rings. The predicted molar refractivity (Wildman–Crippen MR) is 465 cm³/mol. The van der Waals surface area contributed by atoms with E-state index in [2.05, 4.69) is 346 Å². The molecular formula is C108H82N4. The molecule has 8 bridgehead atoms. The molecule has 2 spiro atoms. The highest BCUT2D eigenvalue weighted by atomic mass is 15.0. The molecule has 0 unspecified atom stereocenters. The highest BCUT2D eigenvalue weighted by molar-refractivity contribution is 6.15. The molecule has 4 nitrogen and oxygen atoms in total. The van der Waals surface area contributed by atoms with Crippen LogP contribution in [0.1, 0.15) is 86.5 Å². The first-order valence-electron chi connectivity index (χ1n) is 41.6. The first kappa shape index (κ1) is 62.5. The molecule has 112 heavy (non-hydrogen) atoms. The van der Waals surface area contributed by atoms with Crippen LogP contribution in [0.2, 0.25) is 0 Å². The summed E-state index contributed by atoms with van der Waals surface area (Å²) < 4.78 is 9.94. The highest BCUT2D eigenvalue weighted by Crippen LogP contribution is 2.71. The van der Waals surface area contributed by atoms with Crippen molar-refractivity contribution in [3.63, 3.8) is 0 Å². The Labute approximate surface area is 651 Å². The van der Waals surface area contributed by atoms with Gasteiger partial charge in [0.25, 0.3) is 0 Å². The van der Waals surface area contributed by atoms with Crippen LogP contribution < -0.4 is 0 Å². The van der Waals surface area contributed by atoms with Gasteiger partial charge in [0.1, 0.15) is 0 Å². The Morgan fingerprint density at radius 3 is 0.875 bits per heavy atom. The summed E-state index contributed by atoms with van der Waals surface area (Å²) in [5, 5.41) is 12.9. The van der Waals surface area contributed by atoms with Crippen LogP contribution in [0, 0.1) is 47.3 Å². The Balaban J connectivity index is 0.000000124. The van der Waals surface area contributed by atoms with Crippen LogP contribution in [0.4, 0.5) is 0 Å². The zero-order chi connectivity index (χ0) is 72.8. The molecule has 0 atom stereocenters. The number of nitrogens with zero attached hydrogens (tertiary/aromatic N) is 4. The summed E-state index contributed by atoms with van der Waals surface area (Å²) in [6.07, 6.45) is 14.2. The van der Waals surface area contributed by atoms with Crippen molar-refractivity contribution in [1.29, 1.82) is 0 Å². The van der Waals surface area contributed by atoms with E-state index >= 15 is 0 Å². The monoisotopic (exact) mass is 1430 g/mol. The Bertz CT molecular complexity index is 7190. The first-order valence-corrected chi connectivity index (χ1v) is 41.6. The van der Waals surface area contributed by atoms with Gasteiger partial charge in [-0.3, -0.25) is 0 Å². The number of benzene rings is 15. The fraction of sp³-hybridized carbons (Fsp3) is 0.185. The van der Waals surface area contributed by atoms with Crippen LogP contribution in [0.5, 0.6) is 0 Å². The van der Waals surface area contributed by atoms with Gasteiger partial charge in [0.15, 0.2) is 0 Å². The van der Waals surface area contributed by atoms with E-state index in [-0.39, 0.29) is 10.8 Å². The van der Waals surface area contributed by atoms with Gasteiger partial charge in [0.2, 0.25) is 0 Å². The Kier molecular flexibility index (Phi) is 12.9. The molecule has 0 amide bonds. The normalized spacial score (nSPS) is 23.2. The third-order valence-electron chi connectivity index (χ3n) is 30.0. The maximum Gasteiger partial charge on any atom is 0.0541 e. The minimum absolute atomic E-state index is 0.150. The molecular weight excluding hydrogens is 1350 g/mol. The average molecular weight is 1440 g/mol. The van der Waals surface area contributed by atoms with E-state index in [1.165, 1.54) is 229 Å². The summed E-state index contributed by atoms with van der Waals surface area (Å²) in [5.41, 5.74) is 32.7. The van der Waals surface area contributed by atoms with Gasteiger partial charge in [-0.1, -0.05) is 206 Å². The summed E-state index contributed by atoms with van der Waals surface area (Å²) in [5.74, 6) is 6.75. The smallest absolute Gasteiger partial charge is 0.0541 e. The number of aromatic nitrogens is 4. The molecule has 534 valence electrons. The second-order valence-electron chi connectivity index (χ2n) is 35.1. The van der Waals surface area contributed by atoms with Crippen molar-refractivity contribution < 1.29 is 0 Å². The maximum absolute atomic E-state index is 2.64. The van der Waals surface area contributed by atoms with Crippen LogP contribution in [0.25, 0.3) is 165 Å². The number of rotatable bonds is 6. The van der Waals surface area contributed by atoms with Gasteiger partial charge in [-0.05, 0) is 310 Å². The van der Waals surface area contributed by atoms with Crippen molar-refractivity contribution in [2.45, 2.75) is 75.0 Å². The molecule has 0 aliphatic heterocycles. The molecule has 8 saturated carbocycles. The topological polar surface area (TPSA) is 19.7 Å². The average Bonchev–Trinajstić information content (AvgIpc) is 1.58. The van der Waals surface area contributed by atoms with E-state index in [0.29, 0.717) is 0 Å². The number of para-hydroxylation sites is 5. The van der Waals surface area contributed by atoms with Gasteiger partial charge in [-0.25, -0.2) is 0 Å². The molecule has 4 heteroatoms. The van der Waals surface area contributed by atoms with Crippen molar-refractivity contribution in [1.82, 2.24) is 18.3 Å². The van der Waals surface area contributed by atoms with Gasteiger partial charge in [-0.15, -0.1) is 0 Å². The molecule has 0 radical (unpaired) electrons. The number of hydrogen-bond donors (Lipinski definition) is 0. The van der Waals surface area contributed by atoms with E-state index in [4.69, 9.17) is 0 Å². The van der Waals surface area contributed by atoms with Gasteiger partial charge in [-0.2, -0.15) is 0 Å². The van der Waals surface area contributed by atoms with Gasteiger partial charge < -0.3 is 18.3 Å². The molecule has 29 rings (SSSR count). The fourth-order valence-corrected chi connectivity index (χ4v) is 26.2. The van der Waals surface area contributed by atoms with Crippen molar-refractivity contribution in [3.8, 4) is 67.3 Å². The fourth-order valence-electron chi connectivity index (χ4n) is 26.2. The lowest BCUT2D eigenvalue weighted by molar-refractivity contribution is -0.0399. The van der Waals surface area contributed by atoms with E-state index in [9.17, 15) is 0 Å². The van der Waals surface area contributed by atoms with E-state index in [0.717, 1.165) is 47.3 Å². The molecule has 0 saturated heterocycles. The van der Waals surface area contributed by atoms with Crippen molar-refractivity contribution >= 4 is 98.0 Å². The molecule has 8 fully saturated rings. The van der Waals surface area contributed by atoms with Crippen molar-refractivity contribution in [3.05, 3.63) is 350 Å². The SMILES string of the molecule is c1ccc(-n2c3ccccc3c3cc(-c4ccc5c(c4)c4ccccc4n5-c4ccc5c(c4)C4(c6ccccc6-5)C5CC6CC(C5)CC4C6)ccc32)cc1.c1ccc2c(c1)-c1ccc(-n3c4ccccc4c4cc(-c5ccc6c(c5)c5ccccc5n6-c5ccc6ccccc6c5)ccc43)cc1C21C2CC3CC(C2)CC1C3. The zero-order valence-electron chi connectivity index (χ0n) is 62.7. The highest BCUT2D eigenvalue weighted by Gasteiger charge is 2.63. The van der Waals surface area contributed by atoms with E-state index in [1.54, 1.807) is 22.3 Å². The minimum Gasteiger partial charge on any atom is -0.309 e. The lowest BCUT2D eigenvalue weighted by atomic mass is 9.43. The summed E-state index contributed by atoms with van der Waals surface area (Å²) in [4.78, 5) is 0. The Morgan fingerprint density at radius 2 is 0.482 bits per heavy atom. The second kappa shape index (κ2) is 23.2. The molecule has 10 aliphatic carbocycles.